The molecule has 4 aromatic rings. The highest BCUT2D eigenvalue weighted by Gasteiger charge is 2.37. The fourth-order valence-electron chi connectivity index (χ4n) is 4.19. The van der Waals surface area contributed by atoms with Gasteiger partial charge in [-0.25, -0.2) is 0 Å². The monoisotopic (exact) mass is 488 g/mol. The number of carboxylic acid groups (broad SMARTS) is 1. The molecule has 0 bridgehead atoms. The second kappa shape index (κ2) is 9.28. The van der Waals surface area contributed by atoms with Gasteiger partial charge < -0.3 is 18.9 Å². The van der Waals surface area contributed by atoms with Crippen LogP contribution in [0.2, 0.25) is 0 Å². The number of halogens is 3. The lowest BCUT2D eigenvalue weighted by Gasteiger charge is -2.19. The van der Waals surface area contributed by atoms with E-state index in [1.165, 1.54) is 6.07 Å². The number of hydrogen-bond acceptors (Lipinski definition) is 4. The first kappa shape index (κ1) is 24.6. The average Bonchev–Trinajstić information content (AvgIpc) is 3.41. The summed E-state index contributed by atoms with van der Waals surface area (Å²) in [6.07, 6.45) is -0.741. The van der Waals surface area contributed by atoms with Crippen LogP contribution in [-0.2, 0) is 29.4 Å². The summed E-state index contributed by atoms with van der Waals surface area (Å²) in [5, 5.41) is 13.6. The summed E-state index contributed by atoms with van der Waals surface area (Å²) < 4.78 is 52.7. The molecule has 0 radical (unpaired) electrons. The summed E-state index contributed by atoms with van der Waals surface area (Å²) in [7, 11) is 0. The summed E-state index contributed by atoms with van der Waals surface area (Å²) in [5.74, 6) is -0.379. The molecule has 2 heterocycles. The fourth-order valence-corrected chi connectivity index (χ4v) is 4.19. The number of rotatable bonds is 9. The number of aliphatic carboxylic acids is 1. The molecule has 0 saturated heterocycles. The van der Waals surface area contributed by atoms with Crippen molar-refractivity contribution < 1.29 is 32.3 Å². The number of hydrogen-bond donors (Lipinski definition) is 1. The van der Waals surface area contributed by atoms with Crippen LogP contribution in [0.25, 0.3) is 21.9 Å². The molecule has 0 atom stereocenters. The van der Waals surface area contributed by atoms with Crippen LogP contribution in [-0.4, -0.2) is 27.4 Å². The van der Waals surface area contributed by atoms with E-state index in [1.807, 2.05) is 37.4 Å². The van der Waals surface area contributed by atoms with Crippen molar-refractivity contribution in [3.8, 4) is 5.75 Å². The Bertz CT molecular complexity index is 1370. The highest BCUT2D eigenvalue weighted by atomic mass is 19.4. The van der Waals surface area contributed by atoms with E-state index >= 15 is 0 Å². The number of fused-ring (bicyclic) bond motifs is 2. The molecule has 0 spiro atoms. The molecule has 4 rings (SSSR count). The molecule has 0 aliphatic heterocycles. The number of ether oxygens (including phenoxy) is 1. The predicted molar refractivity (Wildman–Crippen MR) is 126 cm³/mol. The van der Waals surface area contributed by atoms with Crippen molar-refractivity contribution >= 4 is 27.8 Å². The Morgan fingerprint density at radius 1 is 1.17 bits per heavy atom. The van der Waals surface area contributed by atoms with E-state index in [4.69, 9.17) is 9.26 Å². The average molecular weight is 489 g/mol. The maximum Gasteiger partial charge on any atom is 0.437 e. The largest absolute Gasteiger partial charge is 0.493 e. The molecule has 35 heavy (non-hydrogen) atoms. The Labute approximate surface area is 200 Å². The Morgan fingerprint density at radius 2 is 1.94 bits per heavy atom. The van der Waals surface area contributed by atoms with Crippen molar-refractivity contribution in [1.82, 2.24) is 9.72 Å². The quantitative estimate of drug-likeness (QED) is 0.269. The van der Waals surface area contributed by atoms with Gasteiger partial charge in [0, 0.05) is 23.8 Å². The van der Waals surface area contributed by atoms with Crippen molar-refractivity contribution in [2.45, 2.75) is 58.2 Å². The number of alkyl halides is 3. The second-order valence-corrected chi connectivity index (χ2v) is 9.11. The highest BCUT2D eigenvalue weighted by molar-refractivity contribution is 5.86. The third-order valence-corrected chi connectivity index (χ3v) is 6.30. The molecule has 2 aromatic heterocycles. The van der Waals surface area contributed by atoms with Crippen molar-refractivity contribution in [1.29, 1.82) is 0 Å². The molecule has 1 N–H and O–H groups in total. The van der Waals surface area contributed by atoms with Crippen LogP contribution in [0.3, 0.4) is 0 Å². The van der Waals surface area contributed by atoms with Gasteiger partial charge in [-0.05, 0) is 68.0 Å². The molecule has 0 saturated carbocycles. The number of aryl methyl sites for hydroxylation is 2. The number of nitrogens with zero attached hydrogens (tertiary/aromatic N) is 2. The van der Waals surface area contributed by atoms with Gasteiger partial charge in [-0.3, -0.25) is 4.79 Å². The topological polar surface area (TPSA) is 77.5 Å². The summed E-state index contributed by atoms with van der Waals surface area (Å²) in [6.45, 7) is 6.32. The molecule has 9 heteroatoms. The van der Waals surface area contributed by atoms with Crippen molar-refractivity contribution in [3.05, 3.63) is 59.4 Å². The van der Waals surface area contributed by atoms with E-state index < -0.39 is 23.3 Å². The molecule has 0 fully saturated rings. The van der Waals surface area contributed by atoms with Crippen LogP contribution < -0.4 is 4.74 Å². The first-order chi connectivity index (χ1) is 16.5. The van der Waals surface area contributed by atoms with Gasteiger partial charge in [-0.2, -0.15) is 13.2 Å². The molecule has 0 unspecified atom stereocenters. The van der Waals surface area contributed by atoms with E-state index in [2.05, 4.69) is 9.72 Å². The number of aromatic nitrogens is 2. The molecule has 0 amide bonds. The standard InChI is InChI=1S/C26H27F3N2O4/c1-4-6-18-21(10-8-19-22(18)35-30-23(19)26(27,28)29)34-14-5-12-31-13-11-16-15-17(7-9-20(16)31)25(2,3)24(32)33/h7-11,13,15H,4-6,12,14H2,1-3H3,(H,32,33). The smallest absolute Gasteiger partial charge is 0.437 e. The third-order valence-electron chi connectivity index (χ3n) is 6.30. The van der Waals surface area contributed by atoms with Gasteiger partial charge in [0.05, 0.1) is 17.4 Å². The normalized spacial score (nSPS) is 12.5. The Balaban J connectivity index is 1.46. The summed E-state index contributed by atoms with van der Waals surface area (Å²) in [4.78, 5) is 11.6. The molecule has 0 aliphatic rings. The number of carbonyl (C=O) groups is 1. The zero-order valence-electron chi connectivity index (χ0n) is 19.8. The minimum Gasteiger partial charge on any atom is -0.493 e. The Kier molecular flexibility index (Phi) is 6.53. The van der Waals surface area contributed by atoms with Crippen LogP contribution in [0.15, 0.2) is 47.1 Å². The minimum atomic E-state index is -4.58. The SMILES string of the molecule is CCCc1c(OCCCn2ccc3cc(C(C)(C)C(=O)O)ccc32)ccc2c(C(F)(F)F)noc12. The summed E-state index contributed by atoms with van der Waals surface area (Å²) in [5.41, 5.74) is 0.432. The van der Waals surface area contributed by atoms with Crippen molar-refractivity contribution in [3.63, 3.8) is 0 Å². The minimum absolute atomic E-state index is 0.0578. The van der Waals surface area contributed by atoms with Gasteiger partial charge in [0.25, 0.3) is 0 Å². The van der Waals surface area contributed by atoms with Gasteiger partial charge in [0.1, 0.15) is 5.75 Å². The molecule has 0 aliphatic carbocycles. The van der Waals surface area contributed by atoms with E-state index in [0.717, 1.165) is 16.5 Å². The molecule has 2 aromatic carbocycles. The van der Waals surface area contributed by atoms with E-state index in [0.29, 0.717) is 43.7 Å². The molecule has 186 valence electrons. The van der Waals surface area contributed by atoms with Crippen LogP contribution in [0, 0.1) is 0 Å². The zero-order chi connectivity index (χ0) is 25.4. The summed E-state index contributed by atoms with van der Waals surface area (Å²) >= 11 is 0. The molecular weight excluding hydrogens is 461 g/mol. The van der Waals surface area contributed by atoms with Crippen LogP contribution in [0.1, 0.15) is 50.4 Å². The zero-order valence-corrected chi connectivity index (χ0v) is 19.8. The highest BCUT2D eigenvalue weighted by Crippen LogP contribution is 2.38. The Morgan fingerprint density at radius 3 is 2.63 bits per heavy atom. The summed E-state index contributed by atoms with van der Waals surface area (Å²) in [6, 6.07) is 10.5. The van der Waals surface area contributed by atoms with E-state index in [-0.39, 0.29) is 11.0 Å². The second-order valence-electron chi connectivity index (χ2n) is 9.11. The first-order valence-electron chi connectivity index (χ1n) is 11.5. The lowest BCUT2D eigenvalue weighted by molar-refractivity contribution is -0.143. The number of benzene rings is 2. The third kappa shape index (κ3) is 4.72. The molecular formula is C26H27F3N2O4. The maximum absolute atomic E-state index is 13.2. The fraction of sp³-hybridized carbons (Fsp3) is 0.385. The van der Waals surface area contributed by atoms with Gasteiger partial charge in [0.15, 0.2) is 11.3 Å². The lowest BCUT2D eigenvalue weighted by atomic mass is 9.84. The van der Waals surface area contributed by atoms with Gasteiger partial charge >= 0.3 is 12.1 Å². The lowest BCUT2D eigenvalue weighted by Crippen LogP contribution is -2.28. The Hall–Kier alpha value is -3.49. The number of carboxylic acids is 1. The van der Waals surface area contributed by atoms with E-state index in [9.17, 15) is 23.1 Å². The predicted octanol–water partition coefficient (Wildman–Crippen LogP) is 6.59. The van der Waals surface area contributed by atoms with E-state index in [1.54, 1.807) is 19.9 Å². The van der Waals surface area contributed by atoms with Crippen molar-refractivity contribution in [2.75, 3.05) is 6.61 Å². The van der Waals surface area contributed by atoms with Crippen LogP contribution in [0.4, 0.5) is 13.2 Å². The van der Waals surface area contributed by atoms with Crippen molar-refractivity contribution in [2.24, 2.45) is 0 Å². The molecule has 6 nitrogen and oxygen atoms in total. The van der Waals surface area contributed by atoms with Crippen LogP contribution >= 0.6 is 0 Å². The van der Waals surface area contributed by atoms with Gasteiger partial charge in [0.2, 0.25) is 0 Å². The van der Waals surface area contributed by atoms with Gasteiger partial charge in [-0.15, -0.1) is 0 Å². The van der Waals surface area contributed by atoms with Crippen LogP contribution in [0.5, 0.6) is 5.75 Å². The van der Waals surface area contributed by atoms with Gasteiger partial charge in [-0.1, -0.05) is 24.6 Å². The maximum atomic E-state index is 13.2. The first-order valence-corrected chi connectivity index (χ1v) is 11.5.